The van der Waals surface area contributed by atoms with Crippen molar-refractivity contribution in [2.45, 2.75) is 37.0 Å². The molecule has 0 bridgehead atoms. The minimum atomic E-state index is -3.51. The van der Waals surface area contributed by atoms with Gasteiger partial charge in [0.15, 0.2) is 0 Å². The molecule has 1 N–H and O–H groups in total. The van der Waals surface area contributed by atoms with Crippen molar-refractivity contribution in [1.82, 2.24) is 19.3 Å². The van der Waals surface area contributed by atoms with E-state index in [-0.39, 0.29) is 17.2 Å². The summed E-state index contributed by atoms with van der Waals surface area (Å²) in [7, 11) is 0.176. The number of hydrogen-bond donors (Lipinski definition) is 1. The zero-order valence-corrected chi connectivity index (χ0v) is 19.3. The summed E-state index contributed by atoms with van der Waals surface area (Å²) in [5.74, 6) is 0.627. The molecule has 0 unspecified atom stereocenters. The van der Waals surface area contributed by atoms with Crippen LogP contribution in [0.2, 0.25) is 0 Å². The van der Waals surface area contributed by atoms with Crippen LogP contribution in [-0.4, -0.2) is 48.3 Å². The lowest BCUT2D eigenvalue weighted by Gasteiger charge is -2.25. The van der Waals surface area contributed by atoms with Crippen molar-refractivity contribution in [2.75, 3.05) is 25.1 Å². The Kier molecular flexibility index (Phi) is 6.48. The van der Waals surface area contributed by atoms with Gasteiger partial charge in [-0.05, 0) is 43.2 Å². The van der Waals surface area contributed by atoms with E-state index < -0.39 is 10.0 Å². The monoisotopic (exact) mass is 455 g/mol. The molecule has 4 rings (SSSR count). The molecule has 9 heteroatoms. The second-order valence-electron chi connectivity index (χ2n) is 8.13. The summed E-state index contributed by atoms with van der Waals surface area (Å²) in [5, 5.41) is 1.69. The lowest BCUT2D eigenvalue weighted by Crippen LogP contribution is -2.39. The molecule has 2 heterocycles. The number of imidazole rings is 1. The zero-order chi connectivity index (χ0) is 22.7. The minimum absolute atomic E-state index is 0.114. The second kappa shape index (κ2) is 9.30. The molecular formula is C23H29N5O3S. The first-order chi connectivity index (χ1) is 15.4. The van der Waals surface area contributed by atoms with Gasteiger partial charge in [0, 0.05) is 40.0 Å². The lowest BCUT2D eigenvalue weighted by molar-refractivity contribution is -0.121. The number of hydrogen-bond acceptors (Lipinski definition) is 5. The van der Waals surface area contributed by atoms with Crippen LogP contribution in [0.5, 0.6) is 0 Å². The van der Waals surface area contributed by atoms with Gasteiger partial charge < -0.3 is 4.57 Å². The molecule has 0 aliphatic carbocycles. The van der Waals surface area contributed by atoms with Crippen LogP contribution in [0.3, 0.4) is 0 Å². The highest BCUT2D eigenvalue weighted by Crippen LogP contribution is 2.25. The Morgan fingerprint density at radius 1 is 1.09 bits per heavy atom. The molecule has 1 saturated heterocycles. The molecule has 0 spiro atoms. The summed E-state index contributed by atoms with van der Waals surface area (Å²) >= 11 is 0. The number of rotatable bonds is 7. The van der Waals surface area contributed by atoms with E-state index in [1.165, 1.54) is 0 Å². The maximum absolute atomic E-state index is 13.0. The van der Waals surface area contributed by atoms with E-state index in [1.54, 1.807) is 34.6 Å². The fourth-order valence-corrected chi connectivity index (χ4v) is 5.59. The Labute approximate surface area is 188 Å². The van der Waals surface area contributed by atoms with Crippen molar-refractivity contribution < 1.29 is 13.2 Å². The van der Waals surface area contributed by atoms with Gasteiger partial charge in [-0.15, -0.1) is 0 Å². The molecule has 1 aliphatic rings. The Balaban J connectivity index is 1.45. The SMILES string of the molecule is CN(NC(=O)CCc1nc2cc(S(=O)(=O)N3CCCCC3)ccc2n1C)c1ccccc1. The predicted molar refractivity (Wildman–Crippen MR) is 125 cm³/mol. The van der Waals surface area contributed by atoms with Crippen LogP contribution in [0.15, 0.2) is 53.4 Å². The molecule has 0 saturated carbocycles. The van der Waals surface area contributed by atoms with Crippen LogP contribution in [0.25, 0.3) is 11.0 Å². The van der Waals surface area contributed by atoms with Crippen LogP contribution < -0.4 is 10.4 Å². The van der Waals surface area contributed by atoms with E-state index in [9.17, 15) is 13.2 Å². The normalized spacial score (nSPS) is 15.1. The summed E-state index contributed by atoms with van der Waals surface area (Å²) in [6.45, 7) is 1.14. The van der Waals surface area contributed by atoms with Gasteiger partial charge in [0.05, 0.1) is 21.6 Å². The number of aromatic nitrogens is 2. The number of benzene rings is 2. The van der Waals surface area contributed by atoms with Gasteiger partial charge in [-0.3, -0.25) is 15.2 Å². The Morgan fingerprint density at radius 2 is 1.81 bits per heavy atom. The molecule has 3 aromatic rings. The Bertz CT molecular complexity index is 1200. The maximum Gasteiger partial charge on any atom is 0.243 e. The first-order valence-electron chi connectivity index (χ1n) is 10.9. The fourth-order valence-electron chi connectivity index (χ4n) is 4.05. The van der Waals surface area contributed by atoms with Gasteiger partial charge in [0.1, 0.15) is 5.82 Å². The predicted octanol–water partition coefficient (Wildman–Crippen LogP) is 2.85. The van der Waals surface area contributed by atoms with Crippen molar-refractivity contribution in [3.63, 3.8) is 0 Å². The topological polar surface area (TPSA) is 87.5 Å². The summed E-state index contributed by atoms with van der Waals surface area (Å²) in [4.78, 5) is 17.3. The van der Waals surface area contributed by atoms with E-state index in [0.717, 1.165) is 36.3 Å². The van der Waals surface area contributed by atoms with Gasteiger partial charge in [-0.1, -0.05) is 24.6 Å². The van der Waals surface area contributed by atoms with Crippen LogP contribution in [0.4, 0.5) is 5.69 Å². The van der Waals surface area contributed by atoms with Gasteiger partial charge >= 0.3 is 0 Å². The van der Waals surface area contributed by atoms with Crippen molar-refractivity contribution in [1.29, 1.82) is 0 Å². The molecule has 0 atom stereocenters. The van der Waals surface area contributed by atoms with Crippen molar-refractivity contribution in [3.8, 4) is 0 Å². The Morgan fingerprint density at radius 3 is 2.53 bits per heavy atom. The van der Waals surface area contributed by atoms with E-state index in [4.69, 9.17) is 0 Å². The van der Waals surface area contributed by atoms with Crippen molar-refractivity contribution in [3.05, 3.63) is 54.4 Å². The Hall–Kier alpha value is -2.91. The van der Waals surface area contributed by atoms with E-state index in [1.807, 2.05) is 41.9 Å². The summed E-state index contributed by atoms with van der Waals surface area (Å²) < 4.78 is 29.5. The molecule has 32 heavy (non-hydrogen) atoms. The number of nitrogens with zero attached hydrogens (tertiary/aromatic N) is 4. The first kappa shape index (κ1) is 22.3. The standard InChI is InChI=1S/C23H29N5O3S/c1-26-21-12-11-19(32(30,31)28-15-7-4-8-16-28)17-20(21)24-22(26)13-14-23(29)25-27(2)18-9-5-3-6-10-18/h3,5-6,9-12,17H,4,7-8,13-16H2,1-2H3,(H,25,29). The third-order valence-corrected chi connectivity index (χ3v) is 7.80. The number of fused-ring (bicyclic) bond motifs is 1. The lowest BCUT2D eigenvalue weighted by atomic mass is 10.2. The van der Waals surface area contributed by atoms with Crippen molar-refractivity contribution in [2.24, 2.45) is 7.05 Å². The molecule has 1 aliphatic heterocycles. The number of para-hydroxylation sites is 1. The number of piperidine rings is 1. The quantitative estimate of drug-likeness (QED) is 0.554. The number of carbonyl (C=O) groups excluding carboxylic acids is 1. The number of nitrogens with one attached hydrogen (secondary N) is 1. The fraction of sp³-hybridized carbons (Fsp3) is 0.391. The van der Waals surface area contributed by atoms with Crippen LogP contribution in [0.1, 0.15) is 31.5 Å². The summed E-state index contributed by atoms with van der Waals surface area (Å²) in [6.07, 6.45) is 3.60. The number of sulfonamides is 1. The van der Waals surface area contributed by atoms with E-state index >= 15 is 0 Å². The molecule has 1 fully saturated rings. The van der Waals surface area contributed by atoms with Gasteiger partial charge in [-0.25, -0.2) is 13.4 Å². The van der Waals surface area contributed by atoms with Gasteiger partial charge in [0.25, 0.3) is 0 Å². The van der Waals surface area contributed by atoms with Crippen LogP contribution in [-0.2, 0) is 28.3 Å². The molecule has 1 amide bonds. The van der Waals surface area contributed by atoms with Crippen LogP contribution in [0, 0.1) is 0 Å². The molecule has 1 aromatic heterocycles. The molecule has 170 valence electrons. The van der Waals surface area contributed by atoms with Gasteiger partial charge in [0.2, 0.25) is 15.9 Å². The number of hydrazine groups is 1. The van der Waals surface area contributed by atoms with E-state index in [2.05, 4.69) is 10.4 Å². The molecule has 8 nitrogen and oxygen atoms in total. The maximum atomic E-state index is 13.0. The first-order valence-corrected chi connectivity index (χ1v) is 12.3. The second-order valence-corrected chi connectivity index (χ2v) is 10.1. The van der Waals surface area contributed by atoms with Crippen molar-refractivity contribution >= 4 is 32.7 Å². The number of aryl methyl sites for hydroxylation is 2. The largest absolute Gasteiger partial charge is 0.331 e. The molecular weight excluding hydrogens is 426 g/mol. The smallest absolute Gasteiger partial charge is 0.243 e. The minimum Gasteiger partial charge on any atom is -0.331 e. The highest BCUT2D eigenvalue weighted by molar-refractivity contribution is 7.89. The molecule has 2 aromatic carbocycles. The third-order valence-electron chi connectivity index (χ3n) is 5.91. The average Bonchev–Trinajstić information content (AvgIpc) is 3.13. The third kappa shape index (κ3) is 4.63. The number of anilines is 1. The highest BCUT2D eigenvalue weighted by Gasteiger charge is 2.26. The average molecular weight is 456 g/mol. The zero-order valence-electron chi connectivity index (χ0n) is 18.5. The van der Waals surface area contributed by atoms with Crippen LogP contribution >= 0.6 is 0 Å². The van der Waals surface area contributed by atoms with E-state index in [0.29, 0.717) is 25.0 Å². The summed E-state index contributed by atoms with van der Waals surface area (Å²) in [6, 6.07) is 14.7. The molecule has 0 radical (unpaired) electrons. The summed E-state index contributed by atoms with van der Waals surface area (Å²) in [5.41, 5.74) is 5.23. The number of amides is 1. The highest BCUT2D eigenvalue weighted by atomic mass is 32.2. The number of carbonyl (C=O) groups is 1. The van der Waals surface area contributed by atoms with Gasteiger partial charge in [-0.2, -0.15) is 4.31 Å².